The van der Waals surface area contributed by atoms with Crippen molar-refractivity contribution >= 4 is 11.6 Å². The maximum Gasteiger partial charge on any atom is 0.257 e. The number of carbonyl (C=O) groups is 1. The van der Waals surface area contributed by atoms with Crippen molar-refractivity contribution in [1.29, 1.82) is 0 Å². The molecule has 2 N–H and O–H groups in total. The molecule has 0 aromatic heterocycles. The number of nitrogens with two attached hydrogens (primary N) is 1. The van der Waals surface area contributed by atoms with Crippen molar-refractivity contribution < 1.29 is 9.53 Å². The Kier molecular flexibility index (Phi) is 6.19. The second kappa shape index (κ2) is 7.67. The van der Waals surface area contributed by atoms with Gasteiger partial charge in [0.2, 0.25) is 0 Å². The van der Waals surface area contributed by atoms with Crippen LogP contribution in [0.2, 0.25) is 0 Å². The summed E-state index contributed by atoms with van der Waals surface area (Å²) in [6, 6.07) is 5.16. The second-order valence-corrected chi connectivity index (χ2v) is 4.86. The molecule has 1 aromatic carbocycles. The highest BCUT2D eigenvalue weighted by Crippen LogP contribution is 2.23. The number of unbranched alkanes of at least 4 members (excludes halogenated alkanes) is 3. The molecule has 0 saturated heterocycles. The van der Waals surface area contributed by atoms with Gasteiger partial charge in [0.05, 0.1) is 12.2 Å². The molecule has 0 aliphatic rings. The monoisotopic (exact) mass is 264 g/mol. The quantitative estimate of drug-likeness (QED) is 0.608. The van der Waals surface area contributed by atoms with E-state index in [1.807, 2.05) is 0 Å². The van der Waals surface area contributed by atoms with Gasteiger partial charge in [-0.3, -0.25) is 4.79 Å². The summed E-state index contributed by atoms with van der Waals surface area (Å²) in [6.45, 7) is 2.80. The van der Waals surface area contributed by atoms with Gasteiger partial charge in [0, 0.05) is 25.8 Å². The molecule has 0 saturated carbocycles. The minimum Gasteiger partial charge on any atom is -0.493 e. The minimum atomic E-state index is -0.0661. The minimum absolute atomic E-state index is 0.0661. The number of anilines is 1. The van der Waals surface area contributed by atoms with Crippen LogP contribution < -0.4 is 10.5 Å². The molecule has 19 heavy (non-hydrogen) atoms. The molecule has 0 aliphatic heterocycles. The van der Waals surface area contributed by atoms with Crippen LogP contribution in [-0.2, 0) is 0 Å². The number of ether oxygens (including phenoxy) is 1. The van der Waals surface area contributed by atoms with Crippen molar-refractivity contribution in [2.75, 3.05) is 26.4 Å². The van der Waals surface area contributed by atoms with E-state index in [0.717, 1.165) is 12.8 Å². The van der Waals surface area contributed by atoms with E-state index in [1.54, 1.807) is 32.3 Å². The molecule has 0 radical (unpaired) electrons. The SMILES string of the molecule is CCCCCCOc1cc(N)ccc1C(=O)N(C)C. The summed E-state index contributed by atoms with van der Waals surface area (Å²) in [5.74, 6) is 0.513. The number of hydrogen-bond acceptors (Lipinski definition) is 3. The smallest absolute Gasteiger partial charge is 0.257 e. The zero-order valence-corrected chi connectivity index (χ0v) is 12.1. The van der Waals surface area contributed by atoms with Crippen LogP contribution in [0.15, 0.2) is 18.2 Å². The molecule has 1 aromatic rings. The number of rotatable bonds is 7. The van der Waals surface area contributed by atoms with Crippen LogP contribution in [0.3, 0.4) is 0 Å². The van der Waals surface area contributed by atoms with E-state index in [9.17, 15) is 4.79 Å². The van der Waals surface area contributed by atoms with Gasteiger partial charge >= 0.3 is 0 Å². The number of hydrogen-bond donors (Lipinski definition) is 1. The molecule has 0 atom stereocenters. The highest BCUT2D eigenvalue weighted by Gasteiger charge is 2.14. The lowest BCUT2D eigenvalue weighted by atomic mass is 10.1. The summed E-state index contributed by atoms with van der Waals surface area (Å²) in [5.41, 5.74) is 6.93. The van der Waals surface area contributed by atoms with E-state index in [2.05, 4.69) is 6.92 Å². The third-order valence-corrected chi connectivity index (χ3v) is 2.90. The van der Waals surface area contributed by atoms with Gasteiger partial charge in [0.1, 0.15) is 5.75 Å². The highest BCUT2D eigenvalue weighted by molar-refractivity contribution is 5.97. The standard InChI is InChI=1S/C15H24N2O2/c1-4-5-6-7-10-19-14-11-12(16)8-9-13(14)15(18)17(2)3/h8-9,11H,4-7,10,16H2,1-3H3. The summed E-state index contributed by atoms with van der Waals surface area (Å²) in [6.07, 6.45) is 4.56. The zero-order valence-electron chi connectivity index (χ0n) is 12.1. The van der Waals surface area contributed by atoms with Gasteiger partial charge in [-0.05, 0) is 18.6 Å². The maximum absolute atomic E-state index is 12.0. The van der Waals surface area contributed by atoms with Gasteiger partial charge in [-0.1, -0.05) is 26.2 Å². The number of amides is 1. The van der Waals surface area contributed by atoms with Crippen LogP contribution in [0.4, 0.5) is 5.69 Å². The topological polar surface area (TPSA) is 55.6 Å². The molecule has 0 fully saturated rings. The third kappa shape index (κ3) is 4.81. The van der Waals surface area contributed by atoms with Crippen LogP contribution >= 0.6 is 0 Å². The fourth-order valence-electron chi connectivity index (χ4n) is 1.79. The van der Waals surface area contributed by atoms with Crippen LogP contribution in [0.25, 0.3) is 0 Å². The molecule has 0 bridgehead atoms. The van der Waals surface area contributed by atoms with Gasteiger partial charge in [-0.15, -0.1) is 0 Å². The van der Waals surface area contributed by atoms with Crippen molar-refractivity contribution in [1.82, 2.24) is 4.90 Å². The van der Waals surface area contributed by atoms with Gasteiger partial charge in [0.25, 0.3) is 5.91 Å². The molecule has 106 valence electrons. The van der Waals surface area contributed by atoms with E-state index in [1.165, 1.54) is 17.7 Å². The Morgan fingerprint density at radius 2 is 2.00 bits per heavy atom. The average molecular weight is 264 g/mol. The average Bonchev–Trinajstić information content (AvgIpc) is 2.38. The van der Waals surface area contributed by atoms with Gasteiger partial charge in [-0.25, -0.2) is 0 Å². The fourth-order valence-corrected chi connectivity index (χ4v) is 1.79. The molecule has 0 heterocycles. The number of nitrogen functional groups attached to an aromatic ring is 1. The summed E-state index contributed by atoms with van der Waals surface area (Å²) in [4.78, 5) is 13.6. The molecule has 1 rings (SSSR count). The van der Waals surface area contributed by atoms with Crippen LogP contribution in [0, 0.1) is 0 Å². The summed E-state index contributed by atoms with van der Waals surface area (Å²) < 4.78 is 5.71. The van der Waals surface area contributed by atoms with Gasteiger partial charge in [-0.2, -0.15) is 0 Å². The van der Waals surface area contributed by atoms with Crippen molar-refractivity contribution in [3.63, 3.8) is 0 Å². The third-order valence-electron chi connectivity index (χ3n) is 2.90. The Balaban J connectivity index is 2.69. The zero-order chi connectivity index (χ0) is 14.3. The number of nitrogens with zero attached hydrogens (tertiary/aromatic N) is 1. The maximum atomic E-state index is 12.0. The predicted octanol–water partition coefficient (Wildman–Crippen LogP) is 2.93. The van der Waals surface area contributed by atoms with Crippen LogP contribution in [0.1, 0.15) is 43.0 Å². The second-order valence-electron chi connectivity index (χ2n) is 4.86. The largest absolute Gasteiger partial charge is 0.493 e. The Hall–Kier alpha value is -1.71. The van der Waals surface area contributed by atoms with Crippen molar-refractivity contribution in [3.8, 4) is 5.75 Å². The Morgan fingerprint density at radius 1 is 1.26 bits per heavy atom. The molecule has 1 amide bonds. The summed E-state index contributed by atoms with van der Waals surface area (Å²) in [7, 11) is 3.45. The van der Waals surface area contributed by atoms with Gasteiger partial charge < -0.3 is 15.4 Å². The van der Waals surface area contributed by atoms with E-state index in [-0.39, 0.29) is 5.91 Å². The summed E-state index contributed by atoms with van der Waals surface area (Å²) in [5, 5.41) is 0. The molecule has 0 aliphatic carbocycles. The lowest BCUT2D eigenvalue weighted by molar-refractivity contribution is 0.0823. The van der Waals surface area contributed by atoms with Gasteiger partial charge in [0.15, 0.2) is 0 Å². The first-order valence-electron chi connectivity index (χ1n) is 6.80. The van der Waals surface area contributed by atoms with E-state index in [0.29, 0.717) is 23.6 Å². The molecule has 4 nitrogen and oxygen atoms in total. The lowest BCUT2D eigenvalue weighted by Gasteiger charge is -2.15. The number of benzene rings is 1. The van der Waals surface area contributed by atoms with E-state index >= 15 is 0 Å². The molecular weight excluding hydrogens is 240 g/mol. The predicted molar refractivity (Wildman–Crippen MR) is 78.5 cm³/mol. The molecule has 0 spiro atoms. The highest BCUT2D eigenvalue weighted by atomic mass is 16.5. The van der Waals surface area contributed by atoms with Crippen molar-refractivity contribution in [3.05, 3.63) is 23.8 Å². The molecule has 0 unspecified atom stereocenters. The van der Waals surface area contributed by atoms with Crippen LogP contribution in [0.5, 0.6) is 5.75 Å². The first-order valence-corrected chi connectivity index (χ1v) is 6.80. The first kappa shape index (κ1) is 15.3. The Bertz CT molecular complexity index is 417. The van der Waals surface area contributed by atoms with E-state index < -0.39 is 0 Å². The normalized spacial score (nSPS) is 10.3. The molecule has 4 heteroatoms. The van der Waals surface area contributed by atoms with Crippen LogP contribution in [-0.4, -0.2) is 31.5 Å². The first-order chi connectivity index (χ1) is 9.06. The molecular formula is C15H24N2O2. The Morgan fingerprint density at radius 3 is 2.63 bits per heavy atom. The Labute approximate surface area is 115 Å². The van der Waals surface area contributed by atoms with E-state index in [4.69, 9.17) is 10.5 Å². The van der Waals surface area contributed by atoms with Crippen molar-refractivity contribution in [2.24, 2.45) is 0 Å². The number of carbonyl (C=O) groups excluding carboxylic acids is 1. The van der Waals surface area contributed by atoms with Crippen molar-refractivity contribution in [2.45, 2.75) is 32.6 Å². The lowest BCUT2D eigenvalue weighted by Crippen LogP contribution is -2.22. The fraction of sp³-hybridized carbons (Fsp3) is 0.533. The summed E-state index contributed by atoms with van der Waals surface area (Å²) >= 11 is 0.